The molecule has 1 N–H and O–H groups in total. The van der Waals surface area contributed by atoms with E-state index >= 15 is 0 Å². The number of amidine groups is 1. The molecule has 1 aromatic heterocycles. The Hall–Kier alpha value is -2.74. The number of anilines is 1. The number of aryl methyl sites for hydroxylation is 1. The highest BCUT2D eigenvalue weighted by atomic mass is 32.2. The summed E-state index contributed by atoms with van der Waals surface area (Å²) in [5.74, 6) is 0.231. The lowest BCUT2D eigenvalue weighted by atomic mass is 10.2. The Labute approximate surface area is 165 Å². The predicted molar refractivity (Wildman–Crippen MR) is 109 cm³/mol. The van der Waals surface area contributed by atoms with E-state index in [1.165, 1.54) is 18.3 Å². The van der Waals surface area contributed by atoms with Crippen molar-refractivity contribution in [2.75, 3.05) is 18.9 Å². The molecule has 3 rings (SSSR count). The maximum Gasteiger partial charge on any atom is 0.284 e. The Morgan fingerprint density at radius 1 is 1.18 bits per heavy atom. The van der Waals surface area contributed by atoms with Gasteiger partial charge >= 0.3 is 0 Å². The lowest BCUT2D eigenvalue weighted by Crippen LogP contribution is -2.26. The van der Waals surface area contributed by atoms with Gasteiger partial charge in [-0.1, -0.05) is 12.5 Å². The van der Waals surface area contributed by atoms with E-state index in [-0.39, 0.29) is 10.8 Å². The molecule has 0 spiro atoms. The minimum atomic E-state index is -3.85. The van der Waals surface area contributed by atoms with Gasteiger partial charge in [0.25, 0.3) is 15.9 Å². The molecule has 1 aliphatic heterocycles. The molecule has 0 bridgehead atoms. The molecular formula is C20H24N4O3S. The summed E-state index contributed by atoms with van der Waals surface area (Å²) in [4.78, 5) is 18.4. The van der Waals surface area contributed by atoms with Crippen molar-refractivity contribution in [1.82, 2.24) is 9.88 Å². The van der Waals surface area contributed by atoms with Gasteiger partial charge in [0.2, 0.25) is 0 Å². The lowest BCUT2D eigenvalue weighted by Gasteiger charge is -2.17. The fourth-order valence-corrected chi connectivity index (χ4v) is 4.12. The quantitative estimate of drug-likeness (QED) is 0.851. The summed E-state index contributed by atoms with van der Waals surface area (Å²) < 4.78 is 29.6. The number of sulfonamides is 1. The van der Waals surface area contributed by atoms with Crippen molar-refractivity contribution in [2.45, 2.75) is 37.5 Å². The van der Waals surface area contributed by atoms with Crippen LogP contribution in [-0.4, -0.2) is 43.6 Å². The van der Waals surface area contributed by atoms with Gasteiger partial charge in [-0.15, -0.1) is 4.40 Å². The summed E-state index contributed by atoms with van der Waals surface area (Å²) >= 11 is 0. The normalized spacial score (nSPS) is 16.6. The van der Waals surface area contributed by atoms with Crippen molar-refractivity contribution in [3.05, 3.63) is 53.9 Å². The van der Waals surface area contributed by atoms with E-state index in [4.69, 9.17) is 0 Å². The maximum atomic E-state index is 12.8. The Balaban J connectivity index is 1.81. The minimum Gasteiger partial charge on any atom is -0.362 e. The summed E-state index contributed by atoms with van der Waals surface area (Å²) in [7, 11) is -1.99. The number of carbonyl (C=O) groups is 1. The van der Waals surface area contributed by atoms with Crippen LogP contribution in [-0.2, 0) is 10.0 Å². The standard InChI is InChI=1S/C20H24N4O3S/c1-15-10-11-16(14-21-15)20(25)22-17-7-6-8-18(13-17)28(26,27)23-19-9-4-3-5-12-24(19)2/h6-8,10-11,13-14H,3-5,9,12H2,1-2H3,(H,22,25)/b23-19+. The largest absolute Gasteiger partial charge is 0.362 e. The molecule has 0 atom stereocenters. The molecule has 2 aromatic rings. The summed E-state index contributed by atoms with van der Waals surface area (Å²) in [6.07, 6.45) is 5.16. The number of carbonyl (C=O) groups excluding carboxylic acids is 1. The molecule has 1 amide bonds. The Bertz CT molecular complexity index is 985. The summed E-state index contributed by atoms with van der Waals surface area (Å²) in [6.45, 7) is 2.64. The van der Waals surface area contributed by atoms with Crippen LogP contribution < -0.4 is 5.32 Å². The zero-order valence-electron chi connectivity index (χ0n) is 16.1. The first-order valence-corrected chi connectivity index (χ1v) is 10.7. The second-order valence-electron chi connectivity index (χ2n) is 6.89. The zero-order chi connectivity index (χ0) is 20.1. The molecule has 8 heteroatoms. The molecule has 0 saturated carbocycles. The number of aromatic nitrogens is 1. The first-order chi connectivity index (χ1) is 13.3. The van der Waals surface area contributed by atoms with Crippen LogP contribution in [0.3, 0.4) is 0 Å². The van der Waals surface area contributed by atoms with Crippen LogP contribution in [0.15, 0.2) is 51.9 Å². The molecule has 28 heavy (non-hydrogen) atoms. The van der Waals surface area contributed by atoms with Gasteiger partial charge < -0.3 is 10.2 Å². The predicted octanol–water partition coefficient (Wildman–Crippen LogP) is 3.24. The van der Waals surface area contributed by atoms with Crippen LogP contribution in [0.5, 0.6) is 0 Å². The number of nitrogens with one attached hydrogen (secondary N) is 1. The number of pyridine rings is 1. The summed E-state index contributed by atoms with van der Waals surface area (Å²) in [5, 5.41) is 2.71. The molecule has 1 aliphatic rings. The van der Waals surface area contributed by atoms with Gasteiger partial charge in [-0.3, -0.25) is 9.78 Å². The van der Waals surface area contributed by atoms with Gasteiger partial charge in [0, 0.05) is 37.6 Å². The highest BCUT2D eigenvalue weighted by Gasteiger charge is 2.19. The van der Waals surface area contributed by atoms with Gasteiger partial charge in [0.05, 0.1) is 10.5 Å². The first-order valence-electron chi connectivity index (χ1n) is 9.24. The second kappa shape index (κ2) is 8.52. The van der Waals surface area contributed by atoms with Gasteiger partial charge in [0.1, 0.15) is 5.84 Å². The average molecular weight is 401 g/mol. The fraction of sp³-hybridized carbons (Fsp3) is 0.350. The van der Waals surface area contributed by atoms with Gasteiger partial charge in [0.15, 0.2) is 0 Å². The van der Waals surface area contributed by atoms with Crippen molar-refractivity contribution in [1.29, 1.82) is 0 Å². The number of amides is 1. The number of benzene rings is 1. The minimum absolute atomic E-state index is 0.0532. The van der Waals surface area contributed by atoms with E-state index in [1.54, 1.807) is 24.3 Å². The fourth-order valence-electron chi connectivity index (χ4n) is 2.98. The second-order valence-corrected chi connectivity index (χ2v) is 8.49. The smallest absolute Gasteiger partial charge is 0.284 e. The zero-order valence-corrected chi connectivity index (χ0v) is 16.9. The SMILES string of the molecule is Cc1ccc(C(=O)Nc2cccc(S(=O)(=O)/N=C3\CCCCCN3C)c2)cn1. The van der Waals surface area contributed by atoms with Crippen LogP contribution in [0.1, 0.15) is 41.7 Å². The monoisotopic (exact) mass is 400 g/mol. The van der Waals surface area contributed by atoms with E-state index in [2.05, 4.69) is 14.7 Å². The molecular weight excluding hydrogens is 376 g/mol. The van der Waals surface area contributed by atoms with Crippen molar-refractivity contribution < 1.29 is 13.2 Å². The van der Waals surface area contributed by atoms with Crippen molar-refractivity contribution in [3.63, 3.8) is 0 Å². The highest BCUT2D eigenvalue weighted by Crippen LogP contribution is 2.20. The van der Waals surface area contributed by atoms with E-state index in [0.717, 1.165) is 31.5 Å². The summed E-state index contributed by atoms with van der Waals surface area (Å²) in [5.41, 5.74) is 1.60. The van der Waals surface area contributed by atoms with Crippen LogP contribution in [0, 0.1) is 6.92 Å². The first kappa shape index (κ1) is 20.0. The molecule has 1 saturated heterocycles. The molecule has 1 aromatic carbocycles. The van der Waals surface area contributed by atoms with Crippen molar-refractivity contribution in [2.24, 2.45) is 4.40 Å². The number of likely N-dealkylation sites (tertiary alicyclic amines) is 1. The topological polar surface area (TPSA) is 91.7 Å². The molecule has 1 fully saturated rings. The van der Waals surface area contributed by atoms with E-state index in [9.17, 15) is 13.2 Å². The molecule has 7 nitrogen and oxygen atoms in total. The third kappa shape index (κ3) is 4.95. The number of nitrogens with zero attached hydrogens (tertiary/aromatic N) is 3. The van der Waals surface area contributed by atoms with Gasteiger partial charge in [-0.2, -0.15) is 8.42 Å². The van der Waals surface area contributed by atoms with Crippen LogP contribution in [0.4, 0.5) is 5.69 Å². The number of rotatable bonds is 4. The van der Waals surface area contributed by atoms with Crippen LogP contribution >= 0.6 is 0 Å². The summed E-state index contributed by atoms with van der Waals surface area (Å²) in [6, 6.07) is 9.56. The Kier molecular flexibility index (Phi) is 6.08. The average Bonchev–Trinajstić information content (AvgIpc) is 2.86. The van der Waals surface area contributed by atoms with E-state index in [0.29, 0.717) is 23.5 Å². The Morgan fingerprint density at radius 3 is 2.75 bits per heavy atom. The lowest BCUT2D eigenvalue weighted by molar-refractivity contribution is 0.102. The van der Waals surface area contributed by atoms with Gasteiger partial charge in [-0.05, 0) is 50.1 Å². The highest BCUT2D eigenvalue weighted by molar-refractivity contribution is 7.90. The van der Waals surface area contributed by atoms with E-state index in [1.807, 2.05) is 18.9 Å². The van der Waals surface area contributed by atoms with Crippen LogP contribution in [0.25, 0.3) is 0 Å². The van der Waals surface area contributed by atoms with E-state index < -0.39 is 10.0 Å². The Morgan fingerprint density at radius 2 is 2.00 bits per heavy atom. The third-order valence-corrected chi connectivity index (χ3v) is 5.92. The molecule has 2 heterocycles. The van der Waals surface area contributed by atoms with Crippen LogP contribution in [0.2, 0.25) is 0 Å². The van der Waals surface area contributed by atoms with Crippen molar-refractivity contribution >= 4 is 27.5 Å². The molecule has 148 valence electrons. The molecule has 0 aliphatic carbocycles. The third-order valence-electron chi connectivity index (χ3n) is 4.62. The number of hydrogen-bond donors (Lipinski definition) is 1. The van der Waals surface area contributed by atoms with Gasteiger partial charge in [-0.25, -0.2) is 0 Å². The van der Waals surface area contributed by atoms with Crippen molar-refractivity contribution in [3.8, 4) is 0 Å². The molecule has 0 radical (unpaired) electrons. The maximum absolute atomic E-state index is 12.8. The molecule has 0 unspecified atom stereocenters. The number of hydrogen-bond acceptors (Lipinski definition) is 4.